The molecule has 1 rings (SSSR count). The third-order valence-electron chi connectivity index (χ3n) is 3.15. The molecular weight excluding hydrogens is 286 g/mol. The Balaban J connectivity index is 2.29. The van der Waals surface area contributed by atoms with Crippen molar-refractivity contribution < 1.29 is 4.79 Å². The van der Waals surface area contributed by atoms with Crippen molar-refractivity contribution in [3.8, 4) is 0 Å². The fourth-order valence-corrected chi connectivity index (χ4v) is 4.05. The van der Waals surface area contributed by atoms with Crippen LogP contribution in [0.1, 0.15) is 43.4 Å². The fourth-order valence-electron chi connectivity index (χ4n) is 1.92. The Kier molecular flexibility index (Phi) is 8.86. The molecule has 0 aliphatic heterocycles. The van der Waals surface area contributed by atoms with Crippen molar-refractivity contribution in [2.24, 2.45) is 0 Å². The zero-order chi connectivity index (χ0) is 14.8. The molecule has 0 atom stereocenters. The van der Waals surface area contributed by atoms with Crippen molar-refractivity contribution in [3.63, 3.8) is 0 Å². The summed E-state index contributed by atoms with van der Waals surface area (Å²) in [4.78, 5) is 11.1. The zero-order valence-corrected chi connectivity index (χ0v) is 14.3. The number of hydrogen-bond acceptors (Lipinski definition) is 3. The van der Waals surface area contributed by atoms with Crippen LogP contribution in [0.4, 0.5) is 0 Å². The third-order valence-corrected chi connectivity index (χ3v) is 5.57. The summed E-state index contributed by atoms with van der Waals surface area (Å²) in [5, 5.41) is 2.65. The van der Waals surface area contributed by atoms with Gasteiger partial charge in [-0.1, -0.05) is 53.6 Å². The lowest BCUT2D eigenvalue weighted by Gasteiger charge is -2.07. The van der Waals surface area contributed by atoms with E-state index in [4.69, 9.17) is 0 Å². The van der Waals surface area contributed by atoms with E-state index in [9.17, 15) is 4.79 Å². The lowest BCUT2D eigenvalue weighted by molar-refractivity contribution is -0.120. The molecule has 1 aromatic carbocycles. The van der Waals surface area contributed by atoms with Crippen LogP contribution in [0.5, 0.6) is 0 Å². The van der Waals surface area contributed by atoms with Gasteiger partial charge in [-0.3, -0.25) is 4.79 Å². The summed E-state index contributed by atoms with van der Waals surface area (Å²) >= 11 is 0. The van der Waals surface area contributed by atoms with Gasteiger partial charge in [0, 0.05) is 25.0 Å². The Morgan fingerprint density at radius 1 is 1.05 bits per heavy atom. The number of nitrogens with one attached hydrogen (secondary N) is 1. The molecule has 0 fully saturated rings. The maximum absolute atomic E-state index is 11.1. The average Bonchev–Trinajstić information content (AvgIpc) is 2.49. The minimum Gasteiger partial charge on any atom is -0.359 e. The van der Waals surface area contributed by atoms with Crippen LogP contribution in [0.3, 0.4) is 0 Å². The molecule has 20 heavy (non-hydrogen) atoms. The van der Waals surface area contributed by atoms with Crippen LogP contribution in [0.15, 0.2) is 18.2 Å². The highest BCUT2D eigenvalue weighted by Crippen LogP contribution is 2.27. The summed E-state index contributed by atoms with van der Waals surface area (Å²) in [5.41, 5.74) is 4.29. The first-order valence-electron chi connectivity index (χ1n) is 7.26. The monoisotopic (exact) mass is 311 g/mol. The lowest BCUT2D eigenvalue weighted by atomic mass is 10.0. The minimum atomic E-state index is 0.138. The maximum Gasteiger partial charge on any atom is 0.219 e. The summed E-state index contributed by atoms with van der Waals surface area (Å²) in [5.74, 6) is 2.22. The van der Waals surface area contributed by atoms with Gasteiger partial charge in [0.1, 0.15) is 0 Å². The van der Waals surface area contributed by atoms with Gasteiger partial charge in [0.2, 0.25) is 5.91 Å². The molecule has 0 saturated carbocycles. The van der Waals surface area contributed by atoms with Gasteiger partial charge in [-0.05, 0) is 36.0 Å². The van der Waals surface area contributed by atoms with Crippen molar-refractivity contribution in [1.29, 1.82) is 0 Å². The van der Waals surface area contributed by atoms with E-state index in [2.05, 4.69) is 37.4 Å². The van der Waals surface area contributed by atoms with Crippen molar-refractivity contribution in [2.75, 3.05) is 12.8 Å². The van der Waals surface area contributed by atoms with E-state index >= 15 is 0 Å². The molecule has 112 valence electrons. The summed E-state index contributed by atoms with van der Waals surface area (Å²) < 4.78 is 0. The summed E-state index contributed by atoms with van der Waals surface area (Å²) in [7, 11) is 5.44. The molecule has 0 spiro atoms. The molecule has 1 N–H and O–H groups in total. The van der Waals surface area contributed by atoms with Crippen LogP contribution >= 0.6 is 21.6 Å². The van der Waals surface area contributed by atoms with Crippen LogP contribution in [0.2, 0.25) is 0 Å². The van der Waals surface area contributed by atoms with Gasteiger partial charge in [0.15, 0.2) is 0 Å². The molecule has 0 radical (unpaired) electrons. The normalized spacial score (nSPS) is 10.6. The van der Waals surface area contributed by atoms with E-state index in [0.29, 0.717) is 6.42 Å². The number of carbonyl (C=O) groups is 1. The van der Waals surface area contributed by atoms with Gasteiger partial charge in [0.05, 0.1) is 0 Å². The van der Waals surface area contributed by atoms with E-state index in [1.807, 2.05) is 21.6 Å². The molecule has 0 aliphatic carbocycles. The predicted molar refractivity (Wildman–Crippen MR) is 92.3 cm³/mol. The van der Waals surface area contributed by atoms with E-state index in [1.165, 1.54) is 16.7 Å². The molecule has 4 heteroatoms. The number of rotatable bonds is 9. The number of carbonyl (C=O) groups excluding carboxylic acids is 1. The molecule has 0 unspecified atom stereocenters. The first-order chi connectivity index (χ1) is 9.69. The first-order valence-corrected chi connectivity index (χ1v) is 9.75. The second kappa shape index (κ2) is 10.2. The molecule has 2 nitrogen and oxygen atoms in total. The molecule has 0 aromatic heterocycles. The summed E-state index contributed by atoms with van der Waals surface area (Å²) in [6.45, 7) is 4.42. The Labute approximate surface area is 130 Å². The van der Waals surface area contributed by atoms with E-state index in [1.54, 1.807) is 7.05 Å². The van der Waals surface area contributed by atoms with Gasteiger partial charge in [0.25, 0.3) is 0 Å². The van der Waals surface area contributed by atoms with Gasteiger partial charge in [-0.15, -0.1) is 0 Å². The highest BCUT2D eigenvalue weighted by Gasteiger charge is 2.01. The van der Waals surface area contributed by atoms with E-state index in [-0.39, 0.29) is 5.91 Å². The van der Waals surface area contributed by atoms with Gasteiger partial charge in [-0.25, -0.2) is 0 Å². The fraction of sp³-hybridized carbons (Fsp3) is 0.562. The maximum atomic E-state index is 11.1. The van der Waals surface area contributed by atoms with Crippen molar-refractivity contribution in [3.05, 3.63) is 34.9 Å². The number of hydrogen-bond donors (Lipinski definition) is 1. The van der Waals surface area contributed by atoms with Crippen LogP contribution in [-0.4, -0.2) is 18.7 Å². The number of aryl methyl sites for hydroxylation is 2. The molecule has 0 saturated heterocycles. The Morgan fingerprint density at radius 2 is 1.65 bits per heavy atom. The van der Waals surface area contributed by atoms with Gasteiger partial charge in [-0.2, -0.15) is 0 Å². The zero-order valence-electron chi connectivity index (χ0n) is 12.7. The average molecular weight is 312 g/mol. The Hall–Kier alpha value is -0.610. The number of benzene rings is 1. The smallest absolute Gasteiger partial charge is 0.219 e. The molecular formula is C16H25NOS2. The molecule has 1 amide bonds. The van der Waals surface area contributed by atoms with E-state index < -0.39 is 0 Å². The molecule has 0 aliphatic rings. The highest BCUT2D eigenvalue weighted by atomic mass is 33.1. The van der Waals surface area contributed by atoms with Crippen molar-refractivity contribution in [2.45, 2.75) is 45.3 Å². The molecule has 1 aromatic rings. The largest absolute Gasteiger partial charge is 0.359 e. The second-order valence-electron chi connectivity index (χ2n) is 4.73. The van der Waals surface area contributed by atoms with Crippen LogP contribution in [0, 0.1) is 0 Å². The number of amides is 1. The van der Waals surface area contributed by atoms with Crippen LogP contribution in [0.25, 0.3) is 0 Å². The second-order valence-corrected chi connectivity index (χ2v) is 7.31. The standard InChI is InChI=1S/C16H25NOS2/c1-4-13-9-14(5-2)11-15(10-13)12-20-19-8-6-7-16(18)17-3/h9-11H,4-8,12H2,1-3H3,(H,17,18). The quantitative estimate of drug-likeness (QED) is 0.547. The summed E-state index contributed by atoms with van der Waals surface area (Å²) in [6, 6.07) is 6.94. The Bertz CT molecular complexity index is 399. The van der Waals surface area contributed by atoms with E-state index in [0.717, 1.165) is 30.8 Å². The summed E-state index contributed by atoms with van der Waals surface area (Å²) in [6.07, 6.45) is 3.79. The highest BCUT2D eigenvalue weighted by molar-refractivity contribution is 8.76. The van der Waals surface area contributed by atoms with Gasteiger partial charge >= 0.3 is 0 Å². The minimum absolute atomic E-state index is 0.138. The van der Waals surface area contributed by atoms with Crippen LogP contribution < -0.4 is 5.32 Å². The van der Waals surface area contributed by atoms with Crippen LogP contribution in [-0.2, 0) is 23.4 Å². The predicted octanol–water partition coefficient (Wildman–Crippen LogP) is 4.22. The lowest BCUT2D eigenvalue weighted by Crippen LogP contribution is -2.17. The van der Waals surface area contributed by atoms with Crippen molar-refractivity contribution in [1.82, 2.24) is 5.32 Å². The van der Waals surface area contributed by atoms with Gasteiger partial charge < -0.3 is 5.32 Å². The first kappa shape index (κ1) is 17.4. The topological polar surface area (TPSA) is 29.1 Å². The SMILES string of the molecule is CCc1cc(CC)cc(CSSCCCC(=O)NC)c1. The molecule has 0 bridgehead atoms. The third kappa shape index (κ3) is 6.71. The molecule has 0 heterocycles. The van der Waals surface area contributed by atoms with Crippen molar-refractivity contribution >= 4 is 27.5 Å². The Morgan fingerprint density at radius 3 is 2.20 bits per heavy atom.